The van der Waals surface area contributed by atoms with Gasteiger partial charge in [0, 0.05) is 19.1 Å². The molecule has 0 aliphatic rings. The topological polar surface area (TPSA) is 29.3 Å². The van der Waals surface area contributed by atoms with Gasteiger partial charge in [-0.15, -0.1) is 0 Å². The number of likely N-dealkylation sites (N-methyl/N-ethyl adjacent to an activating group) is 1. The highest BCUT2D eigenvalue weighted by atomic mass is 15.1. The van der Waals surface area contributed by atoms with Crippen molar-refractivity contribution in [2.45, 2.75) is 19.0 Å². The van der Waals surface area contributed by atoms with Gasteiger partial charge in [-0.1, -0.05) is 60.7 Å². The zero-order chi connectivity index (χ0) is 13.5. The van der Waals surface area contributed by atoms with Gasteiger partial charge in [0.2, 0.25) is 0 Å². The third kappa shape index (κ3) is 4.86. The van der Waals surface area contributed by atoms with E-state index in [1.54, 1.807) is 0 Å². The number of nitrogens with zero attached hydrogens (tertiary/aromatic N) is 1. The number of hydrogen-bond acceptors (Lipinski definition) is 2. The molecule has 2 aromatic rings. The second-order valence-electron chi connectivity index (χ2n) is 5.13. The second-order valence-corrected chi connectivity index (χ2v) is 5.13. The highest BCUT2D eigenvalue weighted by molar-refractivity contribution is 5.16. The molecule has 0 unspecified atom stereocenters. The fraction of sp³-hybridized carbons (Fsp3) is 0.294. The van der Waals surface area contributed by atoms with E-state index in [0.29, 0.717) is 0 Å². The molecule has 1 atom stereocenters. The summed E-state index contributed by atoms with van der Waals surface area (Å²) in [5.74, 6) is 0. The molecule has 19 heavy (non-hydrogen) atoms. The molecular formula is C17H22N2. The van der Waals surface area contributed by atoms with Crippen LogP contribution in [0, 0.1) is 0 Å². The van der Waals surface area contributed by atoms with Crippen LogP contribution in [0.25, 0.3) is 0 Å². The molecule has 2 aromatic carbocycles. The lowest BCUT2D eigenvalue weighted by Crippen LogP contribution is -2.36. The van der Waals surface area contributed by atoms with Crippen molar-refractivity contribution < 1.29 is 0 Å². The van der Waals surface area contributed by atoms with Crippen LogP contribution >= 0.6 is 0 Å². The van der Waals surface area contributed by atoms with Crippen LogP contribution in [-0.4, -0.2) is 24.5 Å². The molecule has 0 bridgehead atoms. The normalized spacial score (nSPS) is 12.6. The summed E-state index contributed by atoms with van der Waals surface area (Å²) in [6, 6.07) is 21.1. The Morgan fingerprint density at radius 2 is 1.42 bits per heavy atom. The average Bonchev–Trinajstić information content (AvgIpc) is 2.40. The Morgan fingerprint density at radius 1 is 0.895 bits per heavy atom. The van der Waals surface area contributed by atoms with Gasteiger partial charge in [0.05, 0.1) is 0 Å². The van der Waals surface area contributed by atoms with Gasteiger partial charge in [-0.3, -0.25) is 0 Å². The van der Waals surface area contributed by atoms with Gasteiger partial charge in [0.15, 0.2) is 0 Å². The summed E-state index contributed by atoms with van der Waals surface area (Å²) < 4.78 is 0. The fourth-order valence-corrected chi connectivity index (χ4v) is 2.34. The van der Waals surface area contributed by atoms with Crippen molar-refractivity contribution >= 4 is 0 Å². The summed E-state index contributed by atoms with van der Waals surface area (Å²) in [5, 5.41) is 0. The van der Waals surface area contributed by atoms with Crippen LogP contribution in [0.3, 0.4) is 0 Å². The molecule has 0 heterocycles. The minimum absolute atomic E-state index is 0.177. The summed E-state index contributed by atoms with van der Waals surface area (Å²) in [5.41, 5.74) is 8.86. The zero-order valence-corrected chi connectivity index (χ0v) is 11.5. The minimum Gasteiger partial charge on any atom is -0.326 e. The maximum absolute atomic E-state index is 6.22. The molecular weight excluding hydrogens is 232 g/mol. The van der Waals surface area contributed by atoms with Gasteiger partial charge in [0.25, 0.3) is 0 Å². The molecule has 0 saturated carbocycles. The molecule has 2 N–H and O–H groups in total. The number of nitrogens with two attached hydrogens (primary N) is 1. The van der Waals surface area contributed by atoms with Crippen molar-refractivity contribution in [3.8, 4) is 0 Å². The predicted molar refractivity (Wildman–Crippen MR) is 80.9 cm³/mol. The van der Waals surface area contributed by atoms with Crippen LogP contribution in [0.4, 0.5) is 0 Å². The molecule has 0 saturated heterocycles. The summed E-state index contributed by atoms with van der Waals surface area (Å²) in [6.07, 6.45) is 0.931. The Balaban J connectivity index is 1.80. The van der Waals surface area contributed by atoms with E-state index in [-0.39, 0.29) is 6.04 Å². The monoisotopic (exact) mass is 254 g/mol. The fourth-order valence-electron chi connectivity index (χ4n) is 2.34. The smallest absolute Gasteiger partial charge is 0.0231 e. The molecule has 0 aliphatic heterocycles. The molecule has 0 aliphatic carbocycles. The summed E-state index contributed by atoms with van der Waals surface area (Å²) >= 11 is 0. The molecule has 0 spiro atoms. The van der Waals surface area contributed by atoms with Crippen LogP contribution in [0.15, 0.2) is 60.7 Å². The van der Waals surface area contributed by atoms with Crippen molar-refractivity contribution in [3.63, 3.8) is 0 Å². The number of rotatable bonds is 6. The Morgan fingerprint density at radius 3 is 2.00 bits per heavy atom. The van der Waals surface area contributed by atoms with E-state index < -0.39 is 0 Å². The molecule has 2 heteroatoms. The van der Waals surface area contributed by atoms with Crippen molar-refractivity contribution in [1.29, 1.82) is 0 Å². The van der Waals surface area contributed by atoms with Gasteiger partial charge in [-0.25, -0.2) is 0 Å². The lowest BCUT2D eigenvalue weighted by molar-refractivity contribution is 0.302. The van der Waals surface area contributed by atoms with E-state index in [4.69, 9.17) is 5.73 Å². The Kier molecular flexibility index (Phi) is 5.13. The third-order valence-electron chi connectivity index (χ3n) is 3.18. The van der Waals surface area contributed by atoms with E-state index in [9.17, 15) is 0 Å². The first-order valence-corrected chi connectivity index (χ1v) is 6.76. The quantitative estimate of drug-likeness (QED) is 0.859. The minimum atomic E-state index is 0.177. The van der Waals surface area contributed by atoms with Crippen LogP contribution in [0.2, 0.25) is 0 Å². The van der Waals surface area contributed by atoms with Crippen LogP contribution < -0.4 is 5.73 Å². The number of benzene rings is 2. The second kappa shape index (κ2) is 7.07. The van der Waals surface area contributed by atoms with E-state index >= 15 is 0 Å². The van der Waals surface area contributed by atoms with Crippen molar-refractivity contribution in [3.05, 3.63) is 71.8 Å². The van der Waals surface area contributed by atoms with Crippen molar-refractivity contribution in [2.75, 3.05) is 13.6 Å². The van der Waals surface area contributed by atoms with E-state index in [0.717, 1.165) is 19.5 Å². The van der Waals surface area contributed by atoms with E-state index in [1.807, 2.05) is 12.1 Å². The van der Waals surface area contributed by atoms with Gasteiger partial charge >= 0.3 is 0 Å². The highest BCUT2D eigenvalue weighted by Gasteiger charge is 2.08. The first kappa shape index (κ1) is 13.8. The van der Waals surface area contributed by atoms with E-state index in [2.05, 4.69) is 60.5 Å². The predicted octanol–water partition coefficient (Wildman–Crippen LogP) is 2.69. The number of hydrogen-bond donors (Lipinski definition) is 1. The summed E-state index contributed by atoms with van der Waals surface area (Å²) in [6.45, 7) is 1.85. The molecule has 2 rings (SSSR count). The maximum atomic E-state index is 6.22. The first-order chi connectivity index (χ1) is 9.24. The van der Waals surface area contributed by atoms with Crippen LogP contribution in [-0.2, 0) is 13.0 Å². The average molecular weight is 254 g/mol. The van der Waals surface area contributed by atoms with Gasteiger partial charge < -0.3 is 10.6 Å². The Labute approximate surface area is 115 Å². The third-order valence-corrected chi connectivity index (χ3v) is 3.18. The standard InChI is InChI=1S/C17H22N2/c1-19(13-16-10-6-3-7-11-16)14-17(18)12-15-8-4-2-5-9-15/h2-11,17H,12-14,18H2,1H3/t17-/m0/s1. The van der Waals surface area contributed by atoms with Gasteiger partial charge in [-0.05, 0) is 24.6 Å². The summed E-state index contributed by atoms with van der Waals surface area (Å²) in [7, 11) is 2.12. The van der Waals surface area contributed by atoms with Gasteiger partial charge in [0.1, 0.15) is 0 Å². The van der Waals surface area contributed by atoms with Gasteiger partial charge in [-0.2, -0.15) is 0 Å². The molecule has 0 fully saturated rings. The first-order valence-electron chi connectivity index (χ1n) is 6.76. The summed E-state index contributed by atoms with van der Waals surface area (Å²) in [4.78, 5) is 2.28. The lowest BCUT2D eigenvalue weighted by Gasteiger charge is -2.21. The Hall–Kier alpha value is -1.64. The van der Waals surface area contributed by atoms with Crippen molar-refractivity contribution in [2.24, 2.45) is 5.73 Å². The molecule has 0 radical (unpaired) electrons. The Bertz CT molecular complexity index is 422. The maximum Gasteiger partial charge on any atom is 0.0231 e. The molecule has 0 aromatic heterocycles. The van der Waals surface area contributed by atoms with Crippen molar-refractivity contribution in [1.82, 2.24) is 4.90 Å². The molecule has 100 valence electrons. The lowest BCUT2D eigenvalue weighted by atomic mass is 10.1. The highest BCUT2D eigenvalue weighted by Crippen LogP contribution is 2.06. The molecule has 0 amide bonds. The molecule has 2 nitrogen and oxygen atoms in total. The zero-order valence-electron chi connectivity index (χ0n) is 11.5. The van der Waals surface area contributed by atoms with Crippen LogP contribution in [0.5, 0.6) is 0 Å². The SMILES string of the molecule is CN(Cc1ccccc1)C[C@@H](N)Cc1ccccc1. The van der Waals surface area contributed by atoms with Crippen LogP contribution in [0.1, 0.15) is 11.1 Å². The largest absolute Gasteiger partial charge is 0.326 e. The van der Waals surface area contributed by atoms with E-state index in [1.165, 1.54) is 11.1 Å².